The summed E-state index contributed by atoms with van der Waals surface area (Å²) < 4.78 is 28.3. The molecular weight excluding hydrogens is 352 g/mol. The number of piperidine rings is 1. The Morgan fingerprint density at radius 2 is 1.85 bits per heavy atom. The Balaban J connectivity index is 1.60. The van der Waals surface area contributed by atoms with Crippen LogP contribution in [0.15, 0.2) is 42.9 Å². The standard InChI is InChI=1S/C19H15F2N5O/c20-19(21)5-7-25(8-6-19)18(27)14-9-16-17(23-11-14)26(12-24-16)15-3-1-13(10-22)2-4-15/h1-4,9,11-12H,5-8H2. The first-order chi connectivity index (χ1) is 13.0. The van der Waals surface area contributed by atoms with Crippen molar-refractivity contribution in [2.75, 3.05) is 13.1 Å². The number of carbonyl (C=O) groups is 1. The van der Waals surface area contributed by atoms with Gasteiger partial charge in [-0.15, -0.1) is 0 Å². The number of hydrogen-bond donors (Lipinski definition) is 0. The average Bonchev–Trinajstić information content (AvgIpc) is 3.10. The zero-order valence-corrected chi connectivity index (χ0v) is 14.3. The molecule has 0 bridgehead atoms. The molecular formula is C19H15F2N5O. The molecule has 0 aliphatic carbocycles. The van der Waals surface area contributed by atoms with Gasteiger partial charge in [0.25, 0.3) is 11.8 Å². The monoisotopic (exact) mass is 367 g/mol. The Bertz CT molecular complexity index is 1040. The molecule has 3 heterocycles. The molecule has 0 spiro atoms. The van der Waals surface area contributed by atoms with E-state index in [4.69, 9.17) is 5.26 Å². The third-order valence-electron chi connectivity index (χ3n) is 4.69. The number of imidazole rings is 1. The number of aromatic nitrogens is 3. The minimum absolute atomic E-state index is 0.0313. The molecule has 3 aromatic rings. The van der Waals surface area contributed by atoms with E-state index in [-0.39, 0.29) is 31.8 Å². The Labute approximate surface area is 153 Å². The second kappa shape index (κ2) is 6.43. The molecule has 1 saturated heterocycles. The highest BCUT2D eigenvalue weighted by molar-refractivity contribution is 5.96. The molecule has 136 valence electrons. The van der Waals surface area contributed by atoms with Crippen LogP contribution in [0.25, 0.3) is 16.9 Å². The quantitative estimate of drug-likeness (QED) is 0.697. The maximum Gasteiger partial charge on any atom is 0.255 e. The number of hydrogen-bond acceptors (Lipinski definition) is 4. The molecule has 0 N–H and O–H groups in total. The number of halogens is 2. The van der Waals surface area contributed by atoms with Crippen LogP contribution < -0.4 is 0 Å². The van der Waals surface area contributed by atoms with E-state index in [1.807, 2.05) is 0 Å². The summed E-state index contributed by atoms with van der Waals surface area (Å²) in [6.07, 6.45) is 2.40. The van der Waals surface area contributed by atoms with Crippen molar-refractivity contribution >= 4 is 17.1 Å². The third-order valence-corrected chi connectivity index (χ3v) is 4.69. The van der Waals surface area contributed by atoms with Crippen LogP contribution in [0, 0.1) is 11.3 Å². The molecule has 1 amide bonds. The predicted molar refractivity (Wildman–Crippen MR) is 93.7 cm³/mol. The lowest BCUT2D eigenvalue weighted by Crippen LogP contribution is -2.42. The Hall–Kier alpha value is -3.34. The number of benzene rings is 1. The topological polar surface area (TPSA) is 74.8 Å². The van der Waals surface area contributed by atoms with E-state index >= 15 is 0 Å². The van der Waals surface area contributed by atoms with Crippen LogP contribution >= 0.6 is 0 Å². The van der Waals surface area contributed by atoms with Crippen LogP contribution in [0.4, 0.5) is 8.78 Å². The van der Waals surface area contributed by atoms with Crippen LogP contribution in [0.3, 0.4) is 0 Å². The fourth-order valence-electron chi connectivity index (χ4n) is 3.12. The molecule has 1 aliphatic heterocycles. The number of carbonyl (C=O) groups excluding carboxylic acids is 1. The van der Waals surface area contributed by atoms with Crippen molar-refractivity contribution in [2.45, 2.75) is 18.8 Å². The lowest BCUT2D eigenvalue weighted by molar-refractivity contribution is -0.0494. The van der Waals surface area contributed by atoms with Gasteiger partial charge in [-0.05, 0) is 30.3 Å². The average molecular weight is 367 g/mol. The van der Waals surface area contributed by atoms with Crippen molar-refractivity contribution in [1.29, 1.82) is 5.26 Å². The van der Waals surface area contributed by atoms with Crippen LogP contribution in [-0.4, -0.2) is 44.4 Å². The summed E-state index contributed by atoms with van der Waals surface area (Å²) in [6, 6.07) is 10.7. The molecule has 8 heteroatoms. The minimum Gasteiger partial charge on any atom is -0.338 e. The molecule has 1 fully saturated rings. The Morgan fingerprint density at radius 3 is 2.52 bits per heavy atom. The van der Waals surface area contributed by atoms with Crippen LogP contribution in [-0.2, 0) is 0 Å². The number of alkyl halides is 2. The molecule has 2 aromatic heterocycles. The summed E-state index contributed by atoms with van der Waals surface area (Å²) >= 11 is 0. The SMILES string of the molecule is N#Cc1ccc(-n2cnc3cc(C(=O)N4CCC(F)(F)CC4)cnc32)cc1. The van der Waals surface area contributed by atoms with E-state index in [2.05, 4.69) is 16.0 Å². The number of rotatable bonds is 2. The van der Waals surface area contributed by atoms with E-state index < -0.39 is 5.92 Å². The van der Waals surface area contributed by atoms with E-state index in [9.17, 15) is 13.6 Å². The van der Waals surface area contributed by atoms with Gasteiger partial charge in [-0.25, -0.2) is 18.7 Å². The summed E-state index contributed by atoms with van der Waals surface area (Å²) in [6.45, 7) is 0.0626. The third kappa shape index (κ3) is 3.24. The van der Waals surface area contributed by atoms with Crippen molar-refractivity contribution in [3.8, 4) is 11.8 Å². The molecule has 0 saturated carbocycles. The largest absolute Gasteiger partial charge is 0.338 e. The number of pyridine rings is 1. The Morgan fingerprint density at radius 1 is 1.15 bits per heavy atom. The van der Waals surface area contributed by atoms with E-state index in [0.29, 0.717) is 22.3 Å². The van der Waals surface area contributed by atoms with Gasteiger partial charge in [0.05, 0.1) is 17.2 Å². The van der Waals surface area contributed by atoms with E-state index in [1.165, 1.54) is 11.1 Å². The minimum atomic E-state index is -2.70. The van der Waals surface area contributed by atoms with Gasteiger partial charge >= 0.3 is 0 Å². The lowest BCUT2D eigenvalue weighted by Gasteiger charge is -2.31. The maximum atomic E-state index is 13.3. The normalized spacial score (nSPS) is 16.3. The van der Waals surface area contributed by atoms with Crippen LogP contribution in [0.2, 0.25) is 0 Å². The maximum absolute atomic E-state index is 13.3. The predicted octanol–water partition coefficient (Wildman–Crippen LogP) is 3.16. The highest BCUT2D eigenvalue weighted by atomic mass is 19.3. The number of nitriles is 1. The zero-order chi connectivity index (χ0) is 19.0. The van der Waals surface area contributed by atoms with Gasteiger partial charge in [-0.1, -0.05) is 0 Å². The molecule has 0 atom stereocenters. The van der Waals surface area contributed by atoms with Crippen molar-refractivity contribution in [3.63, 3.8) is 0 Å². The van der Waals surface area contributed by atoms with Crippen molar-refractivity contribution in [1.82, 2.24) is 19.4 Å². The molecule has 0 radical (unpaired) electrons. The molecule has 0 unspecified atom stereocenters. The first kappa shape index (κ1) is 17.1. The number of nitrogens with zero attached hydrogens (tertiary/aromatic N) is 5. The number of likely N-dealkylation sites (tertiary alicyclic amines) is 1. The fourth-order valence-corrected chi connectivity index (χ4v) is 3.12. The van der Waals surface area contributed by atoms with E-state index in [1.54, 1.807) is 41.2 Å². The van der Waals surface area contributed by atoms with Gasteiger partial charge in [-0.3, -0.25) is 9.36 Å². The van der Waals surface area contributed by atoms with Gasteiger partial charge < -0.3 is 4.90 Å². The van der Waals surface area contributed by atoms with Gasteiger partial charge in [0.2, 0.25) is 0 Å². The van der Waals surface area contributed by atoms with Crippen LogP contribution in [0.5, 0.6) is 0 Å². The van der Waals surface area contributed by atoms with Gasteiger partial charge in [0, 0.05) is 37.8 Å². The van der Waals surface area contributed by atoms with Crippen molar-refractivity contribution in [3.05, 3.63) is 54.0 Å². The summed E-state index contributed by atoms with van der Waals surface area (Å²) in [5.41, 5.74) is 2.78. The first-order valence-electron chi connectivity index (χ1n) is 8.48. The molecule has 1 aliphatic rings. The number of fused-ring (bicyclic) bond motifs is 1. The highest BCUT2D eigenvalue weighted by Gasteiger charge is 2.35. The van der Waals surface area contributed by atoms with Gasteiger partial charge in [-0.2, -0.15) is 5.26 Å². The second-order valence-corrected chi connectivity index (χ2v) is 6.49. The molecule has 27 heavy (non-hydrogen) atoms. The lowest BCUT2D eigenvalue weighted by atomic mass is 10.1. The van der Waals surface area contributed by atoms with Crippen molar-refractivity contribution < 1.29 is 13.6 Å². The first-order valence-corrected chi connectivity index (χ1v) is 8.48. The fraction of sp³-hybridized carbons (Fsp3) is 0.263. The van der Waals surface area contributed by atoms with Crippen LogP contribution in [0.1, 0.15) is 28.8 Å². The summed E-state index contributed by atoms with van der Waals surface area (Å²) in [7, 11) is 0. The number of amides is 1. The van der Waals surface area contributed by atoms with Crippen molar-refractivity contribution in [2.24, 2.45) is 0 Å². The van der Waals surface area contributed by atoms with Gasteiger partial charge in [0.1, 0.15) is 11.8 Å². The smallest absolute Gasteiger partial charge is 0.255 e. The summed E-state index contributed by atoms with van der Waals surface area (Å²) in [4.78, 5) is 22.6. The molecule has 4 rings (SSSR count). The Kier molecular flexibility index (Phi) is 4.07. The summed E-state index contributed by atoms with van der Waals surface area (Å²) in [5.74, 6) is -3.01. The zero-order valence-electron chi connectivity index (χ0n) is 14.3. The molecule has 6 nitrogen and oxygen atoms in total. The second-order valence-electron chi connectivity index (χ2n) is 6.49. The van der Waals surface area contributed by atoms with Gasteiger partial charge in [0.15, 0.2) is 5.65 Å². The summed E-state index contributed by atoms with van der Waals surface area (Å²) in [5, 5.41) is 8.89. The molecule has 1 aromatic carbocycles. The van der Waals surface area contributed by atoms with E-state index in [0.717, 1.165) is 5.69 Å². The highest BCUT2D eigenvalue weighted by Crippen LogP contribution is 2.28.